The first-order valence-corrected chi connectivity index (χ1v) is 3.99. The Morgan fingerprint density at radius 1 is 1.67 bits per heavy atom. The highest BCUT2D eigenvalue weighted by Gasteiger charge is 2.11. The molecule has 0 aliphatic heterocycles. The number of carboxylic acid groups (broad SMARTS) is 1. The van der Waals surface area contributed by atoms with Gasteiger partial charge in [0.2, 0.25) is 0 Å². The normalized spacial score (nSPS) is 13.3. The molecule has 0 radical (unpaired) electrons. The van der Waals surface area contributed by atoms with Crippen LogP contribution in [0.2, 0.25) is 0 Å². The van der Waals surface area contributed by atoms with Gasteiger partial charge >= 0.3 is 5.97 Å². The SMILES string of the molecule is COCCC(C)N(C)CC(=O)O. The molecule has 4 heteroatoms. The monoisotopic (exact) mass is 175 g/mol. The van der Waals surface area contributed by atoms with Crippen molar-refractivity contribution in [2.45, 2.75) is 19.4 Å². The second-order valence-corrected chi connectivity index (χ2v) is 2.94. The second kappa shape index (κ2) is 5.97. The minimum atomic E-state index is -0.790. The summed E-state index contributed by atoms with van der Waals surface area (Å²) in [5.41, 5.74) is 0. The van der Waals surface area contributed by atoms with Crippen LogP contribution in [-0.2, 0) is 9.53 Å². The molecule has 0 amide bonds. The van der Waals surface area contributed by atoms with Gasteiger partial charge in [0.15, 0.2) is 0 Å². The Balaban J connectivity index is 3.60. The largest absolute Gasteiger partial charge is 0.480 e. The molecule has 1 unspecified atom stereocenters. The van der Waals surface area contributed by atoms with Crippen molar-refractivity contribution in [3.8, 4) is 0 Å². The molecule has 0 aromatic rings. The molecular weight excluding hydrogens is 158 g/mol. The van der Waals surface area contributed by atoms with Gasteiger partial charge in [-0.1, -0.05) is 0 Å². The third-order valence-corrected chi connectivity index (χ3v) is 1.88. The Labute approximate surface area is 73.1 Å². The summed E-state index contributed by atoms with van der Waals surface area (Å²) >= 11 is 0. The summed E-state index contributed by atoms with van der Waals surface area (Å²) in [5.74, 6) is -0.790. The van der Waals surface area contributed by atoms with Gasteiger partial charge in [0.1, 0.15) is 0 Å². The van der Waals surface area contributed by atoms with E-state index in [1.54, 1.807) is 19.1 Å². The van der Waals surface area contributed by atoms with Crippen LogP contribution in [-0.4, -0.2) is 49.3 Å². The lowest BCUT2D eigenvalue weighted by atomic mass is 10.2. The lowest BCUT2D eigenvalue weighted by Gasteiger charge is -2.22. The summed E-state index contributed by atoms with van der Waals surface area (Å²) in [4.78, 5) is 12.1. The highest BCUT2D eigenvalue weighted by Crippen LogP contribution is 2.00. The van der Waals surface area contributed by atoms with Crippen LogP contribution in [0.1, 0.15) is 13.3 Å². The molecule has 4 nitrogen and oxygen atoms in total. The lowest BCUT2D eigenvalue weighted by Crippen LogP contribution is -2.34. The molecule has 0 bridgehead atoms. The molecular formula is C8H17NO3. The minimum absolute atomic E-state index is 0.0882. The molecule has 0 saturated carbocycles. The maximum Gasteiger partial charge on any atom is 0.317 e. The first kappa shape index (κ1) is 11.4. The predicted octanol–water partition coefficient (Wildman–Crippen LogP) is 0.428. The van der Waals surface area contributed by atoms with Crippen LogP contribution in [0.5, 0.6) is 0 Å². The van der Waals surface area contributed by atoms with E-state index in [-0.39, 0.29) is 12.6 Å². The highest BCUT2D eigenvalue weighted by atomic mass is 16.5. The van der Waals surface area contributed by atoms with Gasteiger partial charge in [-0.3, -0.25) is 9.69 Å². The molecule has 0 fully saturated rings. The average Bonchev–Trinajstić information content (AvgIpc) is 1.98. The van der Waals surface area contributed by atoms with E-state index in [9.17, 15) is 4.79 Å². The van der Waals surface area contributed by atoms with Gasteiger partial charge in [-0.25, -0.2) is 0 Å². The molecule has 0 spiro atoms. The molecule has 1 N–H and O–H groups in total. The summed E-state index contributed by atoms with van der Waals surface area (Å²) in [6.07, 6.45) is 0.861. The van der Waals surface area contributed by atoms with E-state index in [2.05, 4.69) is 0 Å². The van der Waals surface area contributed by atoms with Crippen molar-refractivity contribution in [3.63, 3.8) is 0 Å². The molecule has 0 saturated heterocycles. The van der Waals surface area contributed by atoms with E-state index in [1.807, 2.05) is 6.92 Å². The number of rotatable bonds is 6. The van der Waals surface area contributed by atoms with Crippen molar-refractivity contribution in [1.82, 2.24) is 4.90 Å². The van der Waals surface area contributed by atoms with Crippen LogP contribution in [0.4, 0.5) is 0 Å². The summed E-state index contributed by atoms with van der Waals surface area (Å²) in [6.45, 7) is 2.75. The van der Waals surface area contributed by atoms with Crippen molar-refractivity contribution in [3.05, 3.63) is 0 Å². The van der Waals surface area contributed by atoms with Crippen molar-refractivity contribution in [2.24, 2.45) is 0 Å². The minimum Gasteiger partial charge on any atom is -0.480 e. The van der Waals surface area contributed by atoms with Gasteiger partial charge in [0.25, 0.3) is 0 Å². The van der Waals surface area contributed by atoms with Crippen molar-refractivity contribution < 1.29 is 14.6 Å². The molecule has 0 aliphatic rings. The van der Waals surface area contributed by atoms with E-state index >= 15 is 0 Å². The van der Waals surface area contributed by atoms with Crippen molar-refractivity contribution in [2.75, 3.05) is 27.3 Å². The van der Waals surface area contributed by atoms with Crippen molar-refractivity contribution >= 4 is 5.97 Å². The molecule has 12 heavy (non-hydrogen) atoms. The zero-order valence-electron chi connectivity index (χ0n) is 7.91. The highest BCUT2D eigenvalue weighted by molar-refractivity contribution is 5.69. The van der Waals surface area contributed by atoms with E-state index in [4.69, 9.17) is 9.84 Å². The number of methoxy groups -OCH3 is 1. The van der Waals surface area contributed by atoms with Crippen LogP contribution in [0.25, 0.3) is 0 Å². The summed E-state index contributed by atoms with van der Waals surface area (Å²) in [7, 11) is 3.44. The van der Waals surface area contributed by atoms with E-state index < -0.39 is 5.97 Å². The summed E-state index contributed by atoms with van der Waals surface area (Å²) < 4.78 is 4.89. The van der Waals surface area contributed by atoms with Gasteiger partial charge in [0.05, 0.1) is 6.54 Å². The fraction of sp³-hybridized carbons (Fsp3) is 0.875. The molecule has 1 atom stereocenters. The fourth-order valence-corrected chi connectivity index (χ4v) is 0.878. The number of hydrogen-bond acceptors (Lipinski definition) is 3. The third-order valence-electron chi connectivity index (χ3n) is 1.88. The third kappa shape index (κ3) is 5.09. The molecule has 0 aromatic heterocycles. The number of carboxylic acids is 1. The first-order valence-electron chi connectivity index (χ1n) is 3.99. The standard InChI is InChI=1S/C8H17NO3/c1-7(4-5-12-3)9(2)6-8(10)11/h7H,4-6H2,1-3H3,(H,10,11). The Morgan fingerprint density at radius 3 is 2.67 bits per heavy atom. The number of hydrogen-bond donors (Lipinski definition) is 1. The van der Waals surface area contributed by atoms with Gasteiger partial charge < -0.3 is 9.84 Å². The smallest absolute Gasteiger partial charge is 0.317 e. The molecule has 0 aromatic carbocycles. The molecule has 0 aliphatic carbocycles. The van der Waals surface area contributed by atoms with Crippen molar-refractivity contribution in [1.29, 1.82) is 0 Å². The maximum atomic E-state index is 10.3. The lowest BCUT2D eigenvalue weighted by molar-refractivity contribution is -0.138. The van der Waals surface area contributed by atoms with Crippen LogP contribution in [0.3, 0.4) is 0 Å². The molecule has 0 rings (SSSR count). The maximum absolute atomic E-state index is 10.3. The van der Waals surface area contributed by atoms with E-state index in [1.165, 1.54) is 0 Å². The van der Waals surface area contributed by atoms with E-state index in [0.717, 1.165) is 6.42 Å². The Bertz CT molecular complexity index is 138. The zero-order chi connectivity index (χ0) is 9.56. The zero-order valence-corrected chi connectivity index (χ0v) is 7.91. The number of nitrogens with zero attached hydrogens (tertiary/aromatic N) is 1. The topological polar surface area (TPSA) is 49.8 Å². The Morgan fingerprint density at radius 2 is 2.25 bits per heavy atom. The van der Waals surface area contributed by atoms with Crippen LogP contribution < -0.4 is 0 Å². The van der Waals surface area contributed by atoms with Crippen LogP contribution in [0.15, 0.2) is 0 Å². The van der Waals surface area contributed by atoms with Gasteiger partial charge in [0, 0.05) is 19.8 Å². The van der Waals surface area contributed by atoms with E-state index in [0.29, 0.717) is 6.61 Å². The second-order valence-electron chi connectivity index (χ2n) is 2.94. The fourth-order valence-electron chi connectivity index (χ4n) is 0.878. The Hall–Kier alpha value is -0.610. The van der Waals surface area contributed by atoms with Crippen LogP contribution >= 0.6 is 0 Å². The Kier molecular flexibility index (Phi) is 5.66. The predicted molar refractivity (Wildman–Crippen MR) is 46.2 cm³/mol. The summed E-state index contributed by atoms with van der Waals surface area (Å²) in [5, 5.41) is 8.49. The van der Waals surface area contributed by atoms with Crippen LogP contribution in [0, 0.1) is 0 Å². The molecule has 72 valence electrons. The van der Waals surface area contributed by atoms with Gasteiger partial charge in [-0.15, -0.1) is 0 Å². The van der Waals surface area contributed by atoms with Gasteiger partial charge in [-0.2, -0.15) is 0 Å². The number of likely N-dealkylation sites (N-methyl/N-ethyl adjacent to an activating group) is 1. The average molecular weight is 175 g/mol. The number of carbonyl (C=O) groups is 1. The van der Waals surface area contributed by atoms with Gasteiger partial charge in [-0.05, 0) is 20.4 Å². The number of ether oxygens (including phenoxy) is 1. The first-order chi connectivity index (χ1) is 5.57. The summed E-state index contributed by atoms with van der Waals surface area (Å²) in [6, 6.07) is 0.251. The number of aliphatic carboxylic acids is 1. The molecule has 0 heterocycles. The quantitative estimate of drug-likeness (QED) is 0.636.